The zero-order chi connectivity index (χ0) is 20.1. The lowest BCUT2D eigenvalue weighted by Gasteiger charge is -2.36. The van der Waals surface area contributed by atoms with Gasteiger partial charge in [-0.05, 0) is 44.7 Å². The summed E-state index contributed by atoms with van der Waals surface area (Å²) < 4.78 is 42.5. The van der Waals surface area contributed by atoms with E-state index < -0.39 is 15.9 Å². The Balaban J connectivity index is 1.55. The summed E-state index contributed by atoms with van der Waals surface area (Å²) in [6, 6.07) is 6.76. The summed E-state index contributed by atoms with van der Waals surface area (Å²) in [5.41, 5.74) is 0.920. The van der Waals surface area contributed by atoms with E-state index in [4.69, 9.17) is 13.7 Å². The highest BCUT2D eigenvalue weighted by atomic mass is 32.2. The minimum absolute atomic E-state index is 0.100. The molecule has 0 radical (unpaired) electrons. The Hall–Kier alpha value is -0.950. The molecule has 158 valence electrons. The van der Waals surface area contributed by atoms with Gasteiger partial charge >= 0.3 is 0 Å². The van der Waals surface area contributed by atoms with E-state index >= 15 is 0 Å². The second-order valence-corrected chi connectivity index (χ2v) is 9.85. The van der Waals surface area contributed by atoms with Crippen LogP contribution in [-0.4, -0.2) is 34.0 Å². The lowest BCUT2D eigenvalue weighted by atomic mass is 9.87. The highest BCUT2D eigenvalue weighted by Gasteiger charge is 2.62. The van der Waals surface area contributed by atoms with E-state index in [1.54, 1.807) is 24.3 Å². The highest BCUT2D eigenvalue weighted by Crippen LogP contribution is 2.61. The minimum atomic E-state index is -3.72. The third-order valence-electron chi connectivity index (χ3n) is 6.15. The first kappa shape index (κ1) is 21.8. The lowest BCUT2D eigenvalue weighted by Crippen LogP contribution is -2.41. The monoisotopic (exact) mass is 410 g/mol. The van der Waals surface area contributed by atoms with Crippen LogP contribution in [0.2, 0.25) is 0 Å². The first-order valence-corrected chi connectivity index (χ1v) is 12.1. The molecule has 0 bridgehead atoms. The molecule has 1 heterocycles. The van der Waals surface area contributed by atoms with Crippen LogP contribution in [0, 0.1) is 12.3 Å². The summed E-state index contributed by atoms with van der Waals surface area (Å²) in [7, 11) is -3.72. The molecule has 1 saturated heterocycles. The van der Waals surface area contributed by atoms with Gasteiger partial charge in [-0.3, -0.25) is 4.18 Å². The molecule has 2 fully saturated rings. The van der Waals surface area contributed by atoms with E-state index in [-0.39, 0.29) is 16.9 Å². The molecular weight excluding hydrogens is 376 g/mol. The van der Waals surface area contributed by atoms with Gasteiger partial charge in [0, 0.05) is 11.8 Å². The van der Waals surface area contributed by atoms with E-state index in [0.29, 0.717) is 19.6 Å². The summed E-state index contributed by atoms with van der Waals surface area (Å²) in [6.45, 7) is 5.56. The van der Waals surface area contributed by atoms with Crippen molar-refractivity contribution in [1.29, 1.82) is 0 Å². The number of benzene rings is 1. The van der Waals surface area contributed by atoms with Crippen LogP contribution in [0.15, 0.2) is 29.2 Å². The zero-order valence-electron chi connectivity index (χ0n) is 17.2. The molecule has 0 N–H and O–H groups in total. The molecule has 1 aromatic rings. The van der Waals surface area contributed by atoms with E-state index in [2.05, 4.69) is 6.92 Å². The van der Waals surface area contributed by atoms with E-state index in [1.165, 1.54) is 25.7 Å². The van der Waals surface area contributed by atoms with Crippen LogP contribution in [-0.2, 0) is 23.8 Å². The number of unbranched alkanes of at least 4 members (excludes halogenated alkanes) is 4. The topological polar surface area (TPSA) is 61.8 Å². The quantitative estimate of drug-likeness (QED) is 0.359. The molecule has 0 atom stereocenters. The molecule has 5 nitrogen and oxygen atoms in total. The van der Waals surface area contributed by atoms with Crippen LogP contribution in [0.1, 0.15) is 70.3 Å². The molecule has 28 heavy (non-hydrogen) atoms. The van der Waals surface area contributed by atoms with Crippen LogP contribution in [0.5, 0.6) is 0 Å². The fourth-order valence-corrected chi connectivity index (χ4v) is 5.13. The van der Waals surface area contributed by atoms with Crippen molar-refractivity contribution in [3.8, 4) is 0 Å². The van der Waals surface area contributed by atoms with E-state index in [0.717, 1.165) is 31.2 Å². The van der Waals surface area contributed by atoms with Crippen LogP contribution >= 0.6 is 0 Å². The Morgan fingerprint density at radius 2 is 1.61 bits per heavy atom. The maximum Gasteiger partial charge on any atom is 0.296 e. The summed E-state index contributed by atoms with van der Waals surface area (Å²) in [5.74, 6) is -0.545. The fraction of sp³-hybridized carbons (Fsp3) is 0.727. The number of aryl methyl sites for hydroxylation is 1. The van der Waals surface area contributed by atoms with Gasteiger partial charge in [0.2, 0.25) is 0 Å². The summed E-state index contributed by atoms with van der Waals surface area (Å²) in [5, 5.41) is 0. The van der Waals surface area contributed by atoms with Gasteiger partial charge in [0.1, 0.15) is 0 Å². The van der Waals surface area contributed by atoms with Crippen molar-refractivity contribution in [2.45, 2.75) is 82.3 Å². The number of hydrogen-bond acceptors (Lipinski definition) is 5. The maximum absolute atomic E-state index is 12.4. The molecule has 0 amide bonds. The van der Waals surface area contributed by atoms with Crippen molar-refractivity contribution in [2.24, 2.45) is 5.41 Å². The molecule has 1 aromatic carbocycles. The Morgan fingerprint density at radius 3 is 2.21 bits per heavy atom. The van der Waals surface area contributed by atoms with Crippen molar-refractivity contribution in [1.82, 2.24) is 0 Å². The lowest BCUT2D eigenvalue weighted by molar-refractivity contribution is -0.214. The van der Waals surface area contributed by atoms with Crippen LogP contribution in [0.25, 0.3) is 0 Å². The predicted molar refractivity (Wildman–Crippen MR) is 109 cm³/mol. The largest absolute Gasteiger partial charge is 0.347 e. The van der Waals surface area contributed by atoms with Gasteiger partial charge in [0.15, 0.2) is 5.79 Å². The van der Waals surface area contributed by atoms with Crippen LogP contribution < -0.4 is 0 Å². The minimum Gasteiger partial charge on any atom is -0.347 e. The molecular formula is C22H34O5S. The van der Waals surface area contributed by atoms with Gasteiger partial charge < -0.3 is 9.47 Å². The van der Waals surface area contributed by atoms with Gasteiger partial charge in [-0.1, -0.05) is 50.3 Å². The predicted octanol–water partition coefficient (Wildman–Crippen LogP) is 4.97. The Kier molecular flexibility index (Phi) is 7.18. The van der Waals surface area contributed by atoms with Gasteiger partial charge in [-0.25, -0.2) is 0 Å². The molecule has 0 spiro atoms. The van der Waals surface area contributed by atoms with Crippen molar-refractivity contribution in [2.75, 3.05) is 19.8 Å². The van der Waals surface area contributed by atoms with Crippen molar-refractivity contribution in [3.05, 3.63) is 29.8 Å². The van der Waals surface area contributed by atoms with Gasteiger partial charge in [0.05, 0.1) is 24.7 Å². The average Bonchev–Trinajstić information content (AvgIpc) is 3.31. The van der Waals surface area contributed by atoms with Crippen LogP contribution in [0.4, 0.5) is 0 Å². The summed E-state index contributed by atoms with van der Waals surface area (Å²) in [4.78, 5) is 0.210. The molecule has 2 aliphatic rings. The highest BCUT2D eigenvalue weighted by molar-refractivity contribution is 7.86. The average molecular weight is 411 g/mol. The van der Waals surface area contributed by atoms with Gasteiger partial charge in [-0.2, -0.15) is 8.42 Å². The van der Waals surface area contributed by atoms with Crippen molar-refractivity contribution in [3.63, 3.8) is 0 Å². The van der Waals surface area contributed by atoms with Crippen LogP contribution in [0.3, 0.4) is 0 Å². The second-order valence-electron chi connectivity index (χ2n) is 8.23. The Bertz CT molecular complexity index is 716. The Morgan fingerprint density at radius 1 is 0.964 bits per heavy atom. The molecule has 1 aliphatic heterocycles. The number of hydrogen-bond donors (Lipinski definition) is 0. The molecule has 0 unspecified atom stereocenters. The third kappa shape index (κ3) is 4.96. The number of ether oxygens (including phenoxy) is 2. The molecule has 6 heteroatoms. The van der Waals surface area contributed by atoms with Gasteiger partial charge in [0.25, 0.3) is 10.1 Å². The smallest absolute Gasteiger partial charge is 0.296 e. The normalized spacial score (nSPS) is 20.4. The summed E-state index contributed by atoms with van der Waals surface area (Å²) >= 11 is 0. The van der Waals surface area contributed by atoms with E-state index in [1.807, 2.05) is 6.92 Å². The second kappa shape index (κ2) is 9.24. The maximum atomic E-state index is 12.4. The first-order chi connectivity index (χ1) is 13.4. The zero-order valence-corrected chi connectivity index (χ0v) is 18.1. The SMILES string of the molecule is CCCCCCCC1(C2(CCOS(=O)(=O)c3ccc(C)cc3)CC2)OCCO1. The van der Waals surface area contributed by atoms with Crippen molar-refractivity contribution >= 4 is 10.1 Å². The Labute approximate surface area is 169 Å². The number of rotatable bonds is 12. The van der Waals surface area contributed by atoms with Crippen molar-refractivity contribution < 1.29 is 22.1 Å². The standard InChI is InChI=1S/C22H34O5S/c1-3-4-5-6-7-12-22(25-17-18-26-22)21(13-14-21)15-16-27-28(23,24)20-10-8-19(2)9-11-20/h8-11H,3-7,12-18H2,1-2H3. The third-order valence-corrected chi connectivity index (χ3v) is 7.48. The van der Waals surface area contributed by atoms with Gasteiger partial charge in [-0.15, -0.1) is 0 Å². The molecule has 1 aliphatic carbocycles. The fourth-order valence-electron chi connectivity index (χ4n) is 4.22. The first-order valence-electron chi connectivity index (χ1n) is 10.7. The molecule has 3 rings (SSSR count). The van der Waals surface area contributed by atoms with E-state index in [9.17, 15) is 8.42 Å². The summed E-state index contributed by atoms with van der Waals surface area (Å²) in [6.07, 6.45) is 9.58. The molecule has 1 saturated carbocycles. The molecule has 0 aromatic heterocycles.